The van der Waals surface area contributed by atoms with Crippen LogP contribution in [0.4, 0.5) is 0 Å². The molecular weight excluding hydrogens is 152 g/mol. The molecule has 0 heterocycles. The lowest BCUT2D eigenvalue weighted by molar-refractivity contribution is -0.300. The van der Waals surface area contributed by atoms with E-state index in [9.17, 15) is 19.5 Å². The van der Waals surface area contributed by atoms with E-state index in [4.69, 9.17) is 5.11 Å². The SMILES string of the molecule is C[C@H](O)C(=O)CC(=O)C(=O)[O-]. The molecule has 5 nitrogen and oxygen atoms in total. The van der Waals surface area contributed by atoms with Gasteiger partial charge in [-0.25, -0.2) is 0 Å². The Bertz CT molecular complexity index is 193. The fraction of sp³-hybridized carbons (Fsp3) is 0.500. The highest BCUT2D eigenvalue weighted by molar-refractivity contribution is 6.35. The molecule has 0 saturated heterocycles. The zero-order chi connectivity index (χ0) is 9.02. The summed E-state index contributed by atoms with van der Waals surface area (Å²) in [5, 5.41) is 18.3. The van der Waals surface area contributed by atoms with Gasteiger partial charge in [0.2, 0.25) is 0 Å². The van der Waals surface area contributed by atoms with Crippen molar-refractivity contribution in [2.45, 2.75) is 19.4 Å². The van der Waals surface area contributed by atoms with Crippen molar-refractivity contribution in [1.82, 2.24) is 0 Å². The van der Waals surface area contributed by atoms with Crippen LogP contribution in [0.2, 0.25) is 0 Å². The number of rotatable bonds is 4. The number of carbonyl (C=O) groups excluding carboxylic acids is 3. The number of carboxylic acid groups (broad SMARTS) is 1. The summed E-state index contributed by atoms with van der Waals surface area (Å²) in [6.07, 6.45) is -2.11. The van der Waals surface area contributed by atoms with E-state index in [0.717, 1.165) is 6.92 Å². The standard InChI is InChI=1S/C6H8O5/c1-3(7)4(8)2-5(9)6(10)11/h3,7H,2H2,1H3,(H,10,11)/p-1/t3-/m0/s1. The summed E-state index contributed by atoms with van der Waals surface area (Å²) in [6, 6.07) is 0. The minimum absolute atomic E-state index is 0.806. The summed E-state index contributed by atoms with van der Waals surface area (Å²) in [5.41, 5.74) is 0. The van der Waals surface area contributed by atoms with Gasteiger partial charge >= 0.3 is 0 Å². The van der Waals surface area contributed by atoms with Gasteiger partial charge in [0.1, 0.15) is 12.1 Å². The van der Waals surface area contributed by atoms with Crippen LogP contribution >= 0.6 is 0 Å². The minimum Gasteiger partial charge on any atom is -0.542 e. The van der Waals surface area contributed by atoms with Crippen molar-refractivity contribution in [3.8, 4) is 0 Å². The molecule has 0 fully saturated rings. The lowest BCUT2D eigenvalue weighted by Gasteiger charge is -2.02. The zero-order valence-corrected chi connectivity index (χ0v) is 5.86. The van der Waals surface area contributed by atoms with E-state index < -0.39 is 30.1 Å². The molecule has 0 amide bonds. The number of carbonyl (C=O) groups is 3. The quantitative estimate of drug-likeness (QED) is 0.366. The summed E-state index contributed by atoms with van der Waals surface area (Å²) in [4.78, 5) is 30.5. The second kappa shape index (κ2) is 3.82. The third-order valence-electron chi connectivity index (χ3n) is 1.03. The Balaban J connectivity index is 3.96. The van der Waals surface area contributed by atoms with Crippen LogP contribution < -0.4 is 5.11 Å². The molecule has 1 atom stereocenters. The Morgan fingerprint density at radius 1 is 1.45 bits per heavy atom. The number of hydrogen-bond donors (Lipinski definition) is 1. The van der Waals surface area contributed by atoms with Crippen LogP contribution in [0.25, 0.3) is 0 Å². The van der Waals surface area contributed by atoms with E-state index in [1.54, 1.807) is 0 Å². The lowest BCUT2D eigenvalue weighted by atomic mass is 10.1. The molecule has 0 rings (SSSR count). The number of aliphatic hydroxyl groups excluding tert-OH is 1. The molecule has 0 bridgehead atoms. The van der Waals surface area contributed by atoms with Crippen molar-refractivity contribution >= 4 is 17.5 Å². The summed E-state index contributed by atoms with van der Waals surface area (Å²) in [5.74, 6) is -4.03. The van der Waals surface area contributed by atoms with E-state index in [1.807, 2.05) is 0 Å². The number of Topliss-reactive ketones (excluding diaryl/α,β-unsaturated/α-hetero) is 2. The highest BCUT2D eigenvalue weighted by Crippen LogP contribution is 1.90. The molecule has 0 unspecified atom stereocenters. The van der Waals surface area contributed by atoms with E-state index in [2.05, 4.69) is 0 Å². The molecule has 0 aliphatic heterocycles. The number of aliphatic hydroxyl groups is 1. The first-order chi connectivity index (χ1) is 4.95. The van der Waals surface area contributed by atoms with Crippen molar-refractivity contribution in [1.29, 1.82) is 0 Å². The van der Waals surface area contributed by atoms with Gasteiger partial charge in [0.25, 0.3) is 0 Å². The fourth-order valence-corrected chi connectivity index (χ4v) is 0.378. The zero-order valence-electron chi connectivity index (χ0n) is 5.86. The van der Waals surface area contributed by atoms with Crippen LogP contribution in [0.1, 0.15) is 13.3 Å². The van der Waals surface area contributed by atoms with E-state index in [0.29, 0.717) is 0 Å². The average Bonchev–Trinajstić information content (AvgIpc) is 1.87. The van der Waals surface area contributed by atoms with E-state index in [-0.39, 0.29) is 0 Å². The fourth-order valence-electron chi connectivity index (χ4n) is 0.378. The molecule has 1 N–H and O–H groups in total. The van der Waals surface area contributed by atoms with E-state index >= 15 is 0 Å². The highest BCUT2D eigenvalue weighted by Gasteiger charge is 2.14. The summed E-state index contributed by atoms with van der Waals surface area (Å²) in [6.45, 7) is 1.16. The van der Waals surface area contributed by atoms with Crippen LogP contribution in [0.15, 0.2) is 0 Å². The predicted molar refractivity (Wildman–Crippen MR) is 31.3 cm³/mol. The van der Waals surface area contributed by atoms with Gasteiger partial charge in [-0.2, -0.15) is 0 Å². The number of carboxylic acids is 1. The van der Waals surface area contributed by atoms with Crippen molar-refractivity contribution in [2.75, 3.05) is 0 Å². The second-order valence-corrected chi connectivity index (χ2v) is 2.03. The van der Waals surface area contributed by atoms with Gasteiger partial charge in [-0.1, -0.05) is 0 Å². The van der Waals surface area contributed by atoms with Gasteiger partial charge in [0.05, 0.1) is 6.42 Å². The summed E-state index contributed by atoms with van der Waals surface area (Å²) in [7, 11) is 0. The maximum atomic E-state index is 10.5. The third kappa shape index (κ3) is 3.47. The topological polar surface area (TPSA) is 94.5 Å². The normalized spacial score (nSPS) is 12.2. The van der Waals surface area contributed by atoms with Gasteiger partial charge < -0.3 is 15.0 Å². The molecule has 11 heavy (non-hydrogen) atoms. The van der Waals surface area contributed by atoms with Crippen LogP contribution in [-0.4, -0.2) is 28.7 Å². The monoisotopic (exact) mass is 159 g/mol. The predicted octanol–water partition coefficient (Wildman–Crippen LogP) is -2.35. The minimum atomic E-state index is -1.90. The Morgan fingerprint density at radius 3 is 2.18 bits per heavy atom. The van der Waals surface area contributed by atoms with Crippen LogP contribution in [0.5, 0.6) is 0 Å². The molecule has 0 saturated carbocycles. The summed E-state index contributed by atoms with van der Waals surface area (Å²) >= 11 is 0. The Kier molecular flexibility index (Phi) is 3.39. The molecule has 0 radical (unpaired) electrons. The van der Waals surface area contributed by atoms with Crippen LogP contribution in [-0.2, 0) is 14.4 Å². The number of hydrogen-bond acceptors (Lipinski definition) is 5. The average molecular weight is 159 g/mol. The molecule has 0 aromatic rings. The molecule has 0 spiro atoms. The lowest BCUT2D eigenvalue weighted by Crippen LogP contribution is -2.34. The molecule has 62 valence electrons. The van der Waals surface area contributed by atoms with Crippen molar-refractivity contribution in [2.24, 2.45) is 0 Å². The Morgan fingerprint density at radius 2 is 1.91 bits per heavy atom. The second-order valence-electron chi connectivity index (χ2n) is 2.03. The highest BCUT2D eigenvalue weighted by atomic mass is 16.4. The first-order valence-corrected chi connectivity index (χ1v) is 2.90. The van der Waals surface area contributed by atoms with Crippen molar-refractivity contribution < 1.29 is 24.6 Å². The van der Waals surface area contributed by atoms with Gasteiger partial charge in [-0.05, 0) is 6.92 Å². The van der Waals surface area contributed by atoms with Gasteiger partial charge in [0, 0.05) is 0 Å². The molecule has 0 aromatic heterocycles. The Hall–Kier alpha value is -1.23. The molecule has 0 aliphatic rings. The van der Waals surface area contributed by atoms with Crippen molar-refractivity contribution in [3.63, 3.8) is 0 Å². The molecule has 0 aliphatic carbocycles. The van der Waals surface area contributed by atoms with E-state index in [1.165, 1.54) is 0 Å². The maximum absolute atomic E-state index is 10.5. The van der Waals surface area contributed by atoms with Gasteiger partial charge in [-0.15, -0.1) is 0 Å². The number of aliphatic carboxylic acids is 1. The Labute approximate surface area is 62.6 Å². The van der Waals surface area contributed by atoms with Crippen molar-refractivity contribution in [3.05, 3.63) is 0 Å². The van der Waals surface area contributed by atoms with Gasteiger partial charge in [0.15, 0.2) is 11.6 Å². The van der Waals surface area contributed by atoms with Crippen LogP contribution in [0.3, 0.4) is 0 Å². The molecular formula is C6H7O5-. The molecule has 5 heteroatoms. The molecule has 0 aromatic carbocycles. The maximum Gasteiger partial charge on any atom is 0.185 e. The summed E-state index contributed by atoms with van der Waals surface area (Å²) < 4.78 is 0. The number of ketones is 2. The smallest absolute Gasteiger partial charge is 0.185 e. The van der Waals surface area contributed by atoms with Gasteiger partial charge in [-0.3, -0.25) is 9.59 Å². The first kappa shape index (κ1) is 9.77. The van der Waals surface area contributed by atoms with Crippen LogP contribution in [0, 0.1) is 0 Å². The first-order valence-electron chi connectivity index (χ1n) is 2.90. The largest absolute Gasteiger partial charge is 0.542 e. The third-order valence-corrected chi connectivity index (χ3v) is 1.03.